The van der Waals surface area contributed by atoms with Crippen molar-refractivity contribution in [2.24, 2.45) is 0 Å². The minimum absolute atomic E-state index is 0.0878. The number of benzene rings is 1. The molecular weight excluding hydrogens is 214 g/mol. The monoisotopic (exact) mass is 235 g/mol. The van der Waals surface area contributed by atoms with E-state index >= 15 is 0 Å². The molecule has 3 heteroatoms. The van der Waals surface area contributed by atoms with Gasteiger partial charge in [0.05, 0.1) is 12.7 Å². The highest BCUT2D eigenvalue weighted by Gasteiger charge is 2.26. The highest BCUT2D eigenvalue weighted by atomic mass is 16.5. The summed E-state index contributed by atoms with van der Waals surface area (Å²) in [5, 5.41) is 9.50. The molecule has 1 aliphatic heterocycles. The second-order valence-corrected chi connectivity index (χ2v) is 4.76. The first kappa shape index (κ1) is 12.4. The lowest BCUT2D eigenvalue weighted by molar-refractivity contribution is -0.0598. The summed E-state index contributed by atoms with van der Waals surface area (Å²) in [6.07, 6.45) is 1.25. The van der Waals surface area contributed by atoms with Crippen molar-refractivity contribution < 1.29 is 9.84 Å². The number of rotatable bonds is 3. The Morgan fingerprint density at radius 1 is 1.47 bits per heavy atom. The van der Waals surface area contributed by atoms with Crippen molar-refractivity contribution in [3.05, 3.63) is 29.8 Å². The normalized spacial score (nSPS) is 26.0. The molecule has 1 N–H and O–H groups in total. The van der Waals surface area contributed by atoms with Gasteiger partial charge in [-0.15, -0.1) is 0 Å². The van der Waals surface area contributed by atoms with Gasteiger partial charge in [-0.25, -0.2) is 0 Å². The number of aromatic hydroxyl groups is 1. The number of morpholine rings is 1. The van der Waals surface area contributed by atoms with Crippen LogP contribution in [0.4, 0.5) is 0 Å². The quantitative estimate of drug-likeness (QED) is 0.874. The van der Waals surface area contributed by atoms with E-state index in [1.54, 1.807) is 12.1 Å². The Labute approximate surface area is 103 Å². The van der Waals surface area contributed by atoms with Gasteiger partial charge in [-0.05, 0) is 37.6 Å². The molecule has 0 amide bonds. The predicted molar refractivity (Wildman–Crippen MR) is 68.1 cm³/mol. The molecule has 0 aliphatic carbocycles. The first-order valence-electron chi connectivity index (χ1n) is 6.35. The summed E-state index contributed by atoms with van der Waals surface area (Å²) >= 11 is 0. The van der Waals surface area contributed by atoms with Crippen LogP contribution < -0.4 is 0 Å². The third-order valence-electron chi connectivity index (χ3n) is 3.32. The minimum Gasteiger partial charge on any atom is -0.508 e. The molecule has 3 nitrogen and oxygen atoms in total. The van der Waals surface area contributed by atoms with Gasteiger partial charge >= 0.3 is 0 Å². The predicted octanol–water partition coefficient (Wildman–Crippen LogP) is 2.56. The van der Waals surface area contributed by atoms with Gasteiger partial charge in [0.15, 0.2) is 0 Å². The number of hydrogen-bond acceptors (Lipinski definition) is 3. The van der Waals surface area contributed by atoms with Gasteiger partial charge in [0.25, 0.3) is 0 Å². The van der Waals surface area contributed by atoms with E-state index in [1.165, 1.54) is 0 Å². The standard InChI is InChI=1S/C14H21NO2/c1-3-7-15-9-14(17-10-11(15)2)12-5-4-6-13(16)8-12/h4-6,8,11,14,16H,3,7,9-10H2,1-2H3/t11-,14-/m0/s1. The summed E-state index contributed by atoms with van der Waals surface area (Å²) in [5.41, 5.74) is 1.07. The summed E-state index contributed by atoms with van der Waals surface area (Å²) in [6.45, 7) is 7.19. The topological polar surface area (TPSA) is 32.7 Å². The van der Waals surface area contributed by atoms with E-state index in [0.717, 1.165) is 31.7 Å². The number of phenols is 1. The largest absolute Gasteiger partial charge is 0.508 e. The van der Waals surface area contributed by atoms with Crippen molar-refractivity contribution >= 4 is 0 Å². The number of phenolic OH excluding ortho intramolecular Hbond substituents is 1. The summed E-state index contributed by atoms with van der Waals surface area (Å²) in [4.78, 5) is 2.46. The molecule has 0 spiro atoms. The van der Waals surface area contributed by atoms with Crippen LogP contribution in [0.2, 0.25) is 0 Å². The van der Waals surface area contributed by atoms with Crippen LogP contribution in [-0.4, -0.2) is 35.7 Å². The SMILES string of the molecule is CCCN1C[C@@H](c2cccc(O)c2)OC[C@@H]1C. The maximum absolute atomic E-state index is 9.50. The summed E-state index contributed by atoms with van der Waals surface area (Å²) in [7, 11) is 0. The lowest BCUT2D eigenvalue weighted by Crippen LogP contribution is -2.45. The first-order chi connectivity index (χ1) is 8.20. The smallest absolute Gasteiger partial charge is 0.115 e. The molecule has 1 aliphatic rings. The van der Waals surface area contributed by atoms with Crippen LogP contribution >= 0.6 is 0 Å². The van der Waals surface area contributed by atoms with Crippen molar-refractivity contribution in [1.82, 2.24) is 4.90 Å². The van der Waals surface area contributed by atoms with Crippen molar-refractivity contribution in [3.8, 4) is 5.75 Å². The Morgan fingerprint density at radius 3 is 3.00 bits per heavy atom. The summed E-state index contributed by atoms with van der Waals surface area (Å²) in [5.74, 6) is 0.312. The number of hydrogen-bond donors (Lipinski definition) is 1. The fraction of sp³-hybridized carbons (Fsp3) is 0.571. The zero-order valence-electron chi connectivity index (χ0n) is 10.6. The highest BCUT2D eigenvalue weighted by Crippen LogP contribution is 2.26. The molecule has 0 aromatic heterocycles. The van der Waals surface area contributed by atoms with Crippen LogP contribution in [0.5, 0.6) is 5.75 Å². The molecule has 2 rings (SSSR count). The van der Waals surface area contributed by atoms with Gasteiger partial charge in [-0.3, -0.25) is 4.90 Å². The van der Waals surface area contributed by atoms with Gasteiger partial charge in [0.1, 0.15) is 5.75 Å². The van der Waals surface area contributed by atoms with E-state index in [2.05, 4.69) is 18.7 Å². The van der Waals surface area contributed by atoms with Crippen LogP contribution in [0.1, 0.15) is 31.9 Å². The van der Waals surface area contributed by atoms with Crippen LogP contribution in [-0.2, 0) is 4.74 Å². The third kappa shape index (κ3) is 2.99. The average Bonchev–Trinajstić information content (AvgIpc) is 2.32. The third-order valence-corrected chi connectivity index (χ3v) is 3.32. The lowest BCUT2D eigenvalue weighted by Gasteiger charge is -2.38. The van der Waals surface area contributed by atoms with Crippen molar-refractivity contribution in [1.29, 1.82) is 0 Å². The second-order valence-electron chi connectivity index (χ2n) is 4.76. The second kappa shape index (κ2) is 5.52. The Balaban J connectivity index is 2.07. The van der Waals surface area contributed by atoms with Crippen LogP contribution in [0.25, 0.3) is 0 Å². The molecule has 2 atom stereocenters. The van der Waals surface area contributed by atoms with Gasteiger partial charge in [-0.1, -0.05) is 19.1 Å². The molecule has 94 valence electrons. The van der Waals surface area contributed by atoms with Gasteiger partial charge in [0, 0.05) is 12.6 Å². The van der Waals surface area contributed by atoms with E-state index in [9.17, 15) is 5.11 Å². The molecule has 0 saturated carbocycles. The Bertz CT molecular complexity index is 367. The Hall–Kier alpha value is -1.06. The van der Waals surface area contributed by atoms with Crippen molar-refractivity contribution in [3.63, 3.8) is 0 Å². The number of ether oxygens (including phenoxy) is 1. The van der Waals surface area contributed by atoms with Crippen molar-refractivity contribution in [2.45, 2.75) is 32.4 Å². The molecule has 1 aromatic carbocycles. The molecule has 0 bridgehead atoms. The van der Waals surface area contributed by atoms with Crippen LogP contribution in [0.15, 0.2) is 24.3 Å². The molecular formula is C14H21NO2. The van der Waals surface area contributed by atoms with Gasteiger partial charge in [0.2, 0.25) is 0 Å². The van der Waals surface area contributed by atoms with E-state index < -0.39 is 0 Å². The zero-order valence-corrected chi connectivity index (χ0v) is 10.6. The maximum Gasteiger partial charge on any atom is 0.115 e. The summed E-state index contributed by atoms with van der Waals surface area (Å²) in [6, 6.07) is 7.87. The Kier molecular flexibility index (Phi) is 4.02. The molecule has 17 heavy (non-hydrogen) atoms. The molecule has 0 radical (unpaired) electrons. The minimum atomic E-state index is 0.0878. The molecule has 1 saturated heterocycles. The molecule has 0 unspecified atom stereocenters. The van der Waals surface area contributed by atoms with E-state index in [4.69, 9.17) is 4.74 Å². The fourth-order valence-electron chi connectivity index (χ4n) is 2.33. The zero-order chi connectivity index (χ0) is 12.3. The average molecular weight is 235 g/mol. The van der Waals surface area contributed by atoms with Crippen LogP contribution in [0, 0.1) is 0 Å². The van der Waals surface area contributed by atoms with Gasteiger partial charge in [-0.2, -0.15) is 0 Å². The number of nitrogens with zero attached hydrogens (tertiary/aromatic N) is 1. The fourth-order valence-corrected chi connectivity index (χ4v) is 2.33. The highest BCUT2D eigenvalue weighted by molar-refractivity contribution is 5.29. The maximum atomic E-state index is 9.50. The van der Waals surface area contributed by atoms with E-state index in [0.29, 0.717) is 11.8 Å². The molecule has 1 fully saturated rings. The van der Waals surface area contributed by atoms with Gasteiger partial charge < -0.3 is 9.84 Å². The molecule has 1 aromatic rings. The Morgan fingerprint density at radius 2 is 2.29 bits per heavy atom. The van der Waals surface area contributed by atoms with Crippen LogP contribution in [0.3, 0.4) is 0 Å². The summed E-state index contributed by atoms with van der Waals surface area (Å²) < 4.78 is 5.86. The molecule has 1 heterocycles. The lowest BCUT2D eigenvalue weighted by atomic mass is 10.1. The van der Waals surface area contributed by atoms with Crippen molar-refractivity contribution in [2.75, 3.05) is 19.7 Å². The van der Waals surface area contributed by atoms with E-state index in [1.807, 2.05) is 12.1 Å². The first-order valence-corrected chi connectivity index (χ1v) is 6.35. The van der Waals surface area contributed by atoms with E-state index in [-0.39, 0.29) is 6.10 Å².